The van der Waals surface area contributed by atoms with Crippen molar-refractivity contribution in [2.45, 2.75) is 6.42 Å². The lowest BCUT2D eigenvalue weighted by Gasteiger charge is -2.09. The molecule has 2 heterocycles. The zero-order valence-electron chi connectivity index (χ0n) is 17.0. The van der Waals surface area contributed by atoms with Crippen LogP contribution in [0, 0.1) is 0 Å². The minimum atomic E-state index is -0.294. The van der Waals surface area contributed by atoms with Gasteiger partial charge >= 0.3 is 0 Å². The van der Waals surface area contributed by atoms with Crippen molar-refractivity contribution in [2.24, 2.45) is 0 Å². The maximum Gasteiger partial charge on any atom is 0.251 e. The summed E-state index contributed by atoms with van der Waals surface area (Å²) < 4.78 is 8.15. The van der Waals surface area contributed by atoms with Crippen LogP contribution >= 0.6 is 11.3 Å². The van der Waals surface area contributed by atoms with Crippen molar-refractivity contribution in [3.05, 3.63) is 78.1 Å². The second-order valence-electron chi connectivity index (χ2n) is 6.86. The molecule has 7 nitrogen and oxygen atoms in total. The number of hydrogen-bond acceptors (Lipinski definition) is 5. The Bertz CT molecular complexity index is 1200. The molecule has 2 aromatic carbocycles. The van der Waals surface area contributed by atoms with Gasteiger partial charge in [0.1, 0.15) is 5.75 Å². The number of methoxy groups -OCH3 is 1. The van der Waals surface area contributed by atoms with Crippen LogP contribution in [0.3, 0.4) is 0 Å². The highest BCUT2D eigenvalue weighted by atomic mass is 32.1. The number of nitrogens with zero attached hydrogens (tertiary/aromatic N) is 2. The molecule has 2 aromatic heterocycles. The van der Waals surface area contributed by atoms with Gasteiger partial charge < -0.3 is 19.9 Å². The average Bonchev–Trinajstić information content (AvgIpc) is 3.47. The lowest BCUT2D eigenvalue weighted by Crippen LogP contribution is -2.37. The summed E-state index contributed by atoms with van der Waals surface area (Å²) in [4.78, 5) is 29.2. The predicted molar refractivity (Wildman–Crippen MR) is 121 cm³/mol. The largest absolute Gasteiger partial charge is 0.496 e. The molecule has 0 saturated carbocycles. The number of hydrogen-bond donors (Lipinski definition) is 2. The van der Waals surface area contributed by atoms with Gasteiger partial charge in [0.05, 0.1) is 23.9 Å². The van der Waals surface area contributed by atoms with E-state index in [9.17, 15) is 9.59 Å². The molecular formula is C23H22N4O3S. The molecule has 0 saturated heterocycles. The molecule has 4 aromatic rings. The van der Waals surface area contributed by atoms with Crippen LogP contribution in [0.4, 0.5) is 0 Å². The molecule has 4 rings (SSSR count). The number of aromatic nitrogens is 2. The molecule has 0 spiro atoms. The number of carbonyl (C=O) groups excluding carboxylic acids is 2. The highest BCUT2D eigenvalue weighted by Gasteiger charge is 2.12. The van der Waals surface area contributed by atoms with Crippen LogP contribution in [0.1, 0.15) is 15.9 Å². The van der Waals surface area contributed by atoms with Crippen LogP contribution in [0.15, 0.2) is 67.0 Å². The second kappa shape index (κ2) is 9.44. The fourth-order valence-corrected chi connectivity index (χ4v) is 4.17. The summed E-state index contributed by atoms with van der Waals surface area (Å²) in [5, 5.41) is 6.33. The number of ether oxygens (including phenoxy) is 1. The monoisotopic (exact) mass is 434 g/mol. The molecule has 0 bridgehead atoms. The topological polar surface area (TPSA) is 85.2 Å². The molecular weight excluding hydrogens is 412 g/mol. The van der Waals surface area contributed by atoms with Gasteiger partial charge in [-0.3, -0.25) is 9.59 Å². The van der Waals surface area contributed by atoms with Crippen molar-refractivity contribution < 1.29 is 14.3 Å². The van der Waals surface area contributed by atoms with Crippen molar-refractivity contribution in [1.29, 1.82) is 0 Å². The van der Waals surface area contributed by atoms with Crippen molar-refractivity contribution in [1.82, 2.24) is 20.2 Å². The molecule has 0 atom stereocenters. The Morgan fingerprint density at radius 3 is 2.68 bits per heavy atom. The Morgan fingerprint density at radius 1 is 1.06 bits per heavy atom. The number of rotatable bonds is 8. The van der Waals surface area contributed by atoms with E-state index >= 15 is 0 Å². The maximum atomic E-state index is 12.5. The third-order valence-corrected chi connectivity index (χ3v) is 5.81. The molecule has 8 heteroatoms. The summed E-state index contributed by atoms with van der Waals surface area (Å²) >= 11 is 1.51. The number of carbonyl (C=O) groups is 2. The van der Waals surface area contributed by atoms with Gasteiger partial charge in [-0.05, 0) is 48.4 Å². The normalized spacial score (nSPS) is 10.7. The van der Waals surface area contributed by atoms with Crippen molar-refractivity contribution in [3.63, 3.8) is 0 Å². The molecule has 0 unspecified atom stereocenters. The number of amides is 2. The van der Waals surface area contributed by atoms with Gasteiger partial charge in [0.2, 0.25) is 5.91 Å². The Labute approximate surface area is 183 Å². The van der Waals surface area contributed by atoms with Crippen LogP contribution in [0.2, 0.25) is 0 Å². The van der Waals surface area contributed by atoms with Crippen LogP contribution in [-0.2, 0) is 11.2 Å². The van der Waals surface area contributed by atoms with Crippen LogP contribution in [0.25, 0.3) is 15.3 Å². The summed E-state index contributed by atoms with van der Waals surface area (Å²) in [5.74, 6) is 0.262. The number of thiazole rings is 1. The summed E-state index contributed by atoms with van der Waals surface area (Å²) in [6.07, 6.45) is 4.51. The molecule has 0 radical (unpaired) electrons. The highest BCUT2D eigenvalue weighted by Crippen LogP contribution is 2.26. The summed E-state index contributed by atoms with van der Waals surface area (Å²) in [7, 11) is 1.62. The second-order valence-corrected chi connectivity index (χ2v) is 7.87. The van der Waals surface area contributed by atoms with Gasteiger partial charge in [0, 0.05) is 24.5 Å². The van der Waals surface area contributed by atoms with E-state index in [0.717, 1.165) is 26.7 Å². The quantitative estimate of drug-likeness (QED) is 0.446. The number of para-hydroxylation sites is 1. The number of nitrogens with one attached hydrogen (secondary N) is 2. The van der Waals surface area contributed by atoms with Crippen LogP contribution in [0.5, 0.6) is 5.75 Å². The molecule has 0 aliphatic carbocycles. The summed E-state index contributed by atoms with van der Waals surface area (Å²) in [6.45, 7) is 0.379. The molecule has 158 valence electrons. The predicted octanol–water partition coefficient (Wildman–Crippen LogP) is 3.18. The van der Waals surface area contributed by atoms with Gasteiger partial charge in [-0.25, -0.2) is 4.98 Å². The Morgan fingerprint density at radius 2 is 1.87 bits per heavy atom. The molecule has 0 aliphatic heterocycles. The van der Waals surface area contributed by atoms with Crippen molar-refractivity contribution >= 4 is 33.4 Å². The molecule has 2 amide bonds. The minimum Gasteiger partial charge on any atom is -0.496 e. The number of benzene rings is 2. The van der Waals surface area contributed by atoms with Crippen LogP contribution < -0.4 is 15.4 Å². The van der Waals surface area contributed by atoms with E-state index in [1.807, 2.05) is 59.4 Å². The lowest BCUT2D eigenvalue weighted by molar-refractivity contribution is -0.120. The lowest BCUT2D eigenvalue weighted by atomic mass is 10.1. The van der Waals surface area contributed by atoms with Gasteiger partial charge in [-0.15, -0.1) is 0 Å². The Hall–Kier alpha value is -3.65. The van der Waals surface area contributed by atoms with Gasteiger partial charge in [0.25, 0.3) is 5.91 Å². The van der Waals surface area contributed by atoms with Gasteiger partial charge in [-0.2, -0.15) is 0 Å². The smallest absolute Gasteiger partial charge is 0.251 e. The first-order valence-corrected chi connectivity index (χ1v) is 10.7. The first-order chi connectivity index (χ1) is 15.1. The molecule has 2 N–H and O–H groups in total. The average molecular weight is 435 g/mol. The summed E-state index contributed by atoms with van der Waals surface area (Å²) in [5.41, 5.74) is 2.35. The molecule has 0 fully saturated rings. The van der Waals surface area contributed by atoms with E-state index in [4.69, 9.17) is 4.74 Å². The first-order valence-electron chi connectivity index (χ1n) is 9.85. The molecule has 31 heavy (non-hydrogen) atoms. The van der Waals surface area contributed by atoms with Crippen molar-refractivity contribution in [2.75, 3.05) is 20.2 Å². The van der Waals surface area contributed by atoms with E-state index in [1.54, 1.807) is 19.2 Å². The third kappa shape index (κ3) is 4.92. The van der Waals surface area contributed by atoms with Gasteiger partial charge in [-0.1, -0.05) is 29.5 Å². The van der Waals surface area contributed by atoms with Gasteiger partial charge in [0.15, 0.2) is 5.13 Å². The zero-order valence-corrected chi connectivity index (χ0v) is 17.8. The zero-order chi connectivity index (χ0) is 21.6. The fraction of sp³-hybridized carbons (Fsp3) is 0.174. The fourth-order valence-electron chi connectivity index (χ4n) is 3.20. The van der Waals surface area contributed by atoms with E-state index < -0.39 is 0 Å². The Kier molecular flexibility index (Phi) is 6.28. The number of fused-ring (bicyclic) bond motifs is 1. The minimum absolute atomic E-state index is 0.0832. The van der Waals surface area contributed by atoms with Crippen molar-refractivity contribution in [3.8, 4) is 10.9 Å². The van der Waals surface area contributed by atoms with E-state index in [0.29, 0.717) is 18.5 Å². The third-order valence-electron chi connectivity index (χ3n) is 4.78. The summed E-state index contributed by atoms with van der Waals surface area (Å²) in [6, 6.07) is 16.9. The standard InChI is InChI=1S/C23H22N4O3S/c1-30-19-7-3-2-6-16(19)10-11-24-21(28)15-25-22(29)17-8-9-18-20(14-17)31-23(26-18)27-12-4-5-13-27/h2-9,12-14H,10-11,15H2,1H3,(H,24,28)(H,25,29). The van der Waals surface area contributed by atoms with E-state index in [-0.39, 0.29) is 18.4 Å². The molecule has 0 aliphatic rings. The van der Waals surface area contributed by atoms with E-state index in [1.165, 1.54) is 11.3 Å². The maximum absolute atomic E-state index is 12.5. The van der Waals surface area contributed by atoms with Crippen LogP contribution in [-0.4, -0.2) is 41.6 Å². The van der Waals surface area contributed by atoms with E-state index in [2.05, 4.69) is 15.6 Å². The SMILES string of the molecule is COc1ccccc1CCNC(=O)CNC(=O)c1ccc2nc(-n3cccc3)sc2c1. The first kappa shape index (κ1) is 20.6. The highest BCUT2D eigenvalue weighted by molar-refractivity contribution is 7.20. The Balaban J connectivity index is 1.30.